The molecule has 10 heteroatoms. The summed E-state index contributed by atoms with van der Waals surface area (Å²) < 4.78 is 49.1. The van der Waals surface area contributed by atoms with Crippen LogP contribution in [0, 0.1) is 6.92 Å². The number of hydrogen-bond acceptors (Lipinski definition) is 5. The van der Waals surface area contributed by atoms with Crippen LogP contribution in [0.15, 0.2) is 56.9 Å². The molecule has 3 aromatic rings. The first kappa shape index (κ1) is 23.7. The largest absolute Gasteiger partial charge is 0.496 e. The number of carboxylic acids is 1. The number of carbonyl (C=O) groups is 1. The van der Waals surface area contributed by atoms with Gasteiger partial charge in [-0.3, -0.25) is 0 Å². The monoisotopic (exact) mass is 483 g/mol. The summed E-state index contributed by atoms with van der Waals surface area (Å²) >= 11 is 7.09. The van der Waals surface area contributed by atoms with Gasteiger partial charge in [0.25, 0.3) is 0 Å². The van der Waals surface area contributed by atoms with Crippen molar-refractivity contribution in [2.75, 3.05) is 7.11 Å². The van der Waals surface area contributed by atoms with E-state index in [1.54, 1.807) is 25.1 Å². The Morgan fingerprint density at radius 2 is 1.94 bits per heavy atom. The van der Waals surface area contributed by atoms with Gasteiger partial charge in [-0.05, 0) is 42.8 Å². The molecule has 168 valence electrons. The molecule has 0 fully saturated rings. The van der Waals surface area contributed by atoms with Gasteiger partial charge in [-0.15, -0.1) is 11.8 Å². The maximum atomic E-state index is 12.8. The van der Waals surface area contributed by atoms with Crippen molar-refractivity contribution in [1.82, 2.24) is 5.16 Å². The summed E-state index contributed by atoms with van der Waals surface area (Å²) in [6.45, 7) is 1.79. The predicted octanol–water partition coefficient (Wildman–Crippen LogP) is 6.63. The molecule has 0 amide bonds. The predicted molar refractivity (Wildman–Crippen MR) is 116 cm³/mol. The van der Waals surface area contributed by atoms with Crippen molar-refractivity contribution < 1.29 is 32.3 Å². The van der Waals surface area contributed by atoms with E-state index in [1.165, 1.54) is 37.1 Å². The quantitative estimate of drug-likeness (QED) is 0.300. The number of rotatable bonds is 7. The fourth-order valence-corrected chi connectivity index (χ4v) is 3.97. The highest BCUT2D eigenvalue weighted by Gasteiger charge is 2.30. The number of aromatic nitrogens is 1. The number of alkyl halides is 3. The van der Waals surface area contributed by atoms with Crippen LogP contribution < -0.4 is 4.74 Å². The zero-order valence-corrected chi connectivity index (χ0v) is 18.4. The molecule has 1 aromatic heterocycles. The molecular formula is C22H17ClF3NO4S. The number of thioether (sulfide) groups is 1. The summed E-state index contributed by atoms with van der Waals surface area (Å²) in [4.78, 5) is 11.7. The van der Waals surface area contributed by atoms with Gasteiger partial charge in [-0.25, -0.2) is 4.79 Å². The minimum Gasteiger partial charge on any atom is -0.496 e. The first-order valence-corrected chi connectivity index (χ1v) is 10.5. The summed E-state index contributed by atoms with van der Waals surface area (Å²) in [5, 5.41) is 12.6. The number of nitrogens with zero attached hydrogens (tertiary/aromatic N) is 1. The lowest BCUT2D eigenvalue weighted by Gasteiger charge is -2.09. The number of methoxy groups -OCH3 is 1. The normalized spacial score (nSPS) is 12.1. The molecule has 0 bridgehead atoms. The van der Waals surface area contributed by atoms with Crippen molar-refractivity contribution in [3.8, 4) is 17.1 Å². The maximum Gasteiger partial charge on any atom is 0.416 e. The average Bonchev–Trinajstić information content (AvgIpc) is 3.12. The van der Waals surface area contributed by atoms with Crippen LogP contribution in [0.4, 0.5) is 13.2 Å². The third-order valence-electron chi connectivity index (χ3n) is 4.54. The lowest BCUT2D eigenvalue weighted by molar-refractivity contribution is -0.137. The third-order valence-corrected chi connectivity index (χ3v) is 5.88. The summed E-state index contributed by atoms with van der Waals surface area (Å²) in [6.07, 6.45) is -3.08. The number of benzene rings is 2. The zero-order valence-electron chi connectivity index (χ0n) is 16.9. The summed E-state index contributed by atoms with van der Waals surface area (Å²) in [6, 6.07) is 9.85. The molecule has 32 heavy (non-hydrogen) atoms. The van der Waals surface area contributed by atoms with E-state index < -0.39 is 17.7 Å². The van der Waals surface area contributed by atoms with E-state index in [2.05, 4.69) is 5.16 Å². The van der Waals surface area contributed by atoms with Crippen molar-refractivity contribution in [3.05, 3.63) is 69.9 Å². The highest BCUT2D eigenvalue weighted by molar-refractivity contribution is 7.98. The summed E-state index contributed by atoms with van der Waals surface area (Å²) in [7, 11) is 1.50. The van der Waals surface area contributed by atoms with Crippen LogP contribution in [0.1, 0.15) is 22.4 Å². The highest BCUT2D eigenvalue weighted by atomic mass is 35.5. The number of hydrogen-bond donors (Lipinski definition) is 1. The first-order chi connectivity index (χ1) is 15.1. The van der Waals surface area contributed by atoms with Gasteiger partial charge in [-0.1, -0.05) is 35.0 Å². The van der Waals surface area contributed by atoms with Crippen molar-refractivity contribution in [1.29, 1.82) is 0 Å². The smallest absolute Gasteiger partial charge is 0.416 e. The molecule has 0 radical (unpaired) electrons. The topological polar surface area (TPSA) is 72.6 Å². The molecule has 0 aliphatic carbocycles. The van der Waals surface area contributed by atoms with Crippen LogP contribution in [0.2, 0.25) is 0 Å². The third kappa shape index (κ3) is 5.46. The molecular weight excluding hydrogens is 467 g/mol. The molecule has 0 aliphatic rings. The second-order valence-corrected chi connectivity index (χ2v) is 8.08. The molecule has 0 unspecified atom stereocenters. The number of halogens is 4. The second-order valence-electron chi connectivity index (χ2n) is 6.65. The van der Waals surface area contributed by atoms with E-state index in [4.69, 9.17) is 26.0 Å². The van der Waals surface area contributed by atoms with Crippen LogP contribution in [0.3, 0.4) is 0 Å². The SMILES string of the molecule is COc1cc(/C=C(\Cl)C(=O)O)ccc1SCc1noc(-c2ccc(C(F)(F)F)cc2)c1C. The highest BCUT2D eigenvalue weighted by Crippen LogP contribution is 2.36. The Kier molecular flexibility index (Phi) is 7.20. The van der Waals surface area contributed by atoms with Crippen molar-refractivity contribution >= 4 is 35.4 Å². The first-order valence-electron chi connectivity index (χ1n) is 9.14. The van der Waals surface area contributed by atoms with E-state index in [9.17, 15) is 18.0 Å². The van der Waals surface area contributed by atoms with Gasteiger partial charge in [0, 0.05) is 21.8 Å². The molecule has 3 rings (SSSR count). The Hall–Kier alpha value is -2.91. The van der Waals surface area contributed by atoms with Gasteiger partial charge in [0.2, 0.25) is 0 Å². The second kappa shape index (κ2) is 9.70. The van der Waals surface area contributed by atoms with Gasteiger partial charge in [0.05, 0.1) is 18.4 Å². The molecule has 0 aliphatic heterocycles. The number of carboxylic acid groups (broad SMARTS) is 1. The summed E-state index contributed by atoms with van der Waals surface area (Å²) in [5.41, 5.74) is 1.71. The lowest BCUT2D eigenvalue weighted by Crippen LogP contribution is -2.03. The summed E-state index contributed by atoms with van der Waals surface area (Å²) in [5.74, 6) is 0.138. The van der Waals surface area contributed by atoms with Gasteiger partial charge < -0.3 is 14.4 Å². The molecule has 1 N–H and O–H groups in total. The van der Waals surface area contributed by atoms with Crippen molar-refractivity contribution in [2.45, 2.75) is 23.7 Å². The van der Waals surface area contributed by atoms with E-state index in [1.807, 2.05) is 0 Å². The van der Waals surface area contributed by atoms with Gasteiger partial charge in [0.1, 0.15) is 10.8 Å². The fourth-order valence-electron chi connectivity index (χ4n) is 2.83. The minimum atomic E-state index is -4.40. The Morgan fingerprint density at radius 1 is 1.25 bits per heavy atom. The molecule has 2 aromatic carbocycles. The van der Waals surface area contributed by atoms with E-state index >= 15 is 0 Å². The minimum absolute atomic E-state index is 0.318. The Labute approximate surface area is 190 Å². The zero-order chi connectivity index (χ0) is 23.5. The molecule has 0 spiro atoms. The Morgan fingerprint density at radius 3 is 2.53 bits per heavy atom. The Bertz CT molecular complexity index is 1160. The number of ether oxygens (including phenoxy) is 1. The van der Waals surface area contributed by atoms with E-state index in [0.717, 1.165) is 22.6 Å². The average molecular weight is 484 g/mol. The lowest BCUT2D eigenvalue weighted by atomic mass is 10.1. The van der Waals surface area contributed by atoms with Crippen LogP contribution in [0.5, 0.6) is 5.75 Å². The van der Waals surface area contributed by atoms with Crippen molar-refractivity contribution in [3.63, 3.8) is 0 Å². The van der Waals surface area contributed by atoms with E-state index in [0.29, 0.717) is 34.1 Å². The van der Waals surface area contributed by atoms with Gasteiger partial charge >= 0.3 is 12.1 Å². The van der Waals surface area contributed by atoms with Crippen LogP contribution in [0.25, 0.3) is 17.4 Å². The maximum absolute atomic E-state index is 12.8. The van der Waals surface area contributed by atoms with Crippen molar-refractivity contribution in [2.24, 2.45) is 0 Å². The van der Waals surface area contributed by atoms with Crippen LogP contribution in [-0.2, 0) is 16.7 Å². The van der Waals surface area contributed by atoms with E-state index in [-0.39, 0.29) is 5.03 Å². The molecule has 0 saturated carbocycles. The standard InChI is InChI=1S/C22H17ClF3NO4S/c1-12-17(27-31-20(12)14-4-6-15(7-5-14)22(24,25)26)11-32-19-8-3-13(10-18(19)30-2)9-16(23)21(28)29/h3-10H,11H2,1-2H3,(H,28,29)/b16-9-. The fraction of sp³-hybridized carbons (Fsp3) is 0.182. The van der Waals surface area contributed by atoms with Gasteiger partial charge in [-0.2, -0.15) is 13.2 Å². The van der Waals surface area contributed by atoms with Crippen LogP contribution in [-0.4, -0.2) is 23.3 Å². The molecule has 1 heterocycles. The molecule has 5 nitrogen and oxygen atoms in total. The molecule has 0 atom stereocenters. The van der Waals surface area contributed by atoms with Gasteiger partial charge in [0.15, 0.2) is 5.76 Å². The number of aliphatic carboxylic acids is 1. The molecule has 0 saturated heterocycles. The van der Waals surface area contributed by atoms with Crippen LogP contribution >= 0.6 is 23.4 Å². The Balaban J connectivity index is 1.76.